The molecule has 4 heteroatoms. The monoisotopic (exact) mass is 306 g/mol. The number of nitrogens with zero attached hydrogens (tertiary/aromatic N) is 1. The first-order valence-electron chi connectivity index (χ1n) is 7.18. The van der Waals surface area contributed by atoms with E-state index in [1.165, 1.54) is 0 Å². The molecule has 0 aliphatic carbocycles. The van der Waals surface area contributed by atoms with Crippen LogP contribution in [-0.2, 0) is 4.79 Å². The molecule has 0 spiro atoms. The maximum Gasteiger partial charge on any atom is 0.266 e. The van der Waals surface area contributed by atoms with Crippen LogP contribution < -0.4 is 10.1 Å². The number of aryl methyl sites for hydroxylation is 2. The van der Waals surface area contributed by atoms with Crippen molar-refractivity contribution in [1.82, 2.24) is 0 Å². The number of amides is 1. The third kappa shape index (κ3) is 4.21. The Hall–Kier alpha value is -3.06. The zero-order valence-corrected chi connectivity index (χ0v) is 13.4. The number of nitrogens with one attached hydrogen (secondary N) is 1. The molecule has 0 fully saturated rings. The average Bonchev–Trinajstić information content (AvgIpc) is 2.53. The summed E-state index contributed by atoms with van der Waals surface area (Å²) in [4.78, 5) is 12.3. The molecule has 0 aromatic heterocycles. The van der Waals surface area contributed by atoms with E-state index < -0.39 is 5.91 Å². The van der Waals surface area contributed by atoms with Gasteiger partial charge in [-0.15, -0.1) is 0 Å². The lowest BCUT2D eigenvalue weighted by Gasteiger charge is -2.07. The highest BCUT2D eigenvalue weighted by molar-refractivity contribution is 6.09. The Morgan fingerprint density at radius 2 is 2.00 bits per heavy atom. The van der Waals surface area contributed by atoms with Crippen molar-refractivity contribution < 1.29 is 9.53 Å². The summed E-state index contributed by atoms with van der Waals surface area (Å²) in [6.45, 7) is 3.85. The van der Waals surface area contributed by atoms with Crippen LogP contribution in [0.4, 0.5) is 5.69 Å². The van der Waals surface area contributed by atoms with Gasteiger partial charge in [-0.05, 0) is 60.9 Å². The van der Waals surface area contributed by atoms with Gasteiger partial charge in [0.2, 0.25) is 0 Å². The van der Waals surface area contributed by atoms with Crippen LogP contribution in [0.15, 0.2) is 48.0 Å². The molecule has 1 N–H and O–H groups in total. The number of benzene rings is 2. The van der Waals surface area contributed by atoms with Gasteiger partial charge in [0.25, 0.3) is 5.91 Å². The molecule has 2 aromatic rings. The van der Waals surface area contributed by atoms with E-state index in [9.17, 15) is 10.1 Å². The van der Waals surface area contributed by atoms with E-state index in [0.29, 0.717) is 5.69 Å². The lowest BCUT2D eigenvalue weighted by atomic mass is 10.1. The third-order valence-electron chi connectivity index (χ3n) is 3.42. The van der Waals surface area contributed by atoms with Gasteiger partial charge in [-0.1, -0.05) is 18.2 Å². The molecule has 1 amide bonds. The molecule has 0 bridgehead atoms. The summed E-state index contributed by atoms with van der Waals surface area (Å²) in [5.74, 6) is 0.315. The van der Waals surface area contributed by atoms with Crippen molar-refractivity contribution in [3.8, 4) is 11.8 Å². The van der Waals surface area contributed by atoms with Crippen LogP contribution in [0.5, 0.6) is 5.75 Å². The topological polar surface area (TPSA) is 62.1 Å². The van der Waals surface area contributed by atoms with Gasteiger partial charge in [-0.3, -0.25) is 4.79 Å². The molecular weight excluding hydrogens is 288 g/mol. The third-order valence-corrected chi connectivity index (χ3v) is 3.42. The van der Waals surface area contributed by atoms with Crippen LogP contribution in [0, 0.1) is 25.2 Å². The molecule has 0 aliphatic heterocycles. The minimum absolute atomic E-state index is 0.0553. The first kappa shape index (κ1) is 16.3. The Balaban J connectivity index is 2.25. The average molecular weight is 306 g/mol. The van der Waals surface area contributed by atoms with Gasteiger partial charge in [0.05, 0.1) is 7.11 Å². The Morgan fingerprint density at radius 1 is 1.22 bits per heavy atom. The molecule has 0 saturated carbocycles. The summed E-state index contributed by atoms with van der Waals surface area (Å²) in [6, 6.07) is 14.9. The summed E-state index contributed by atoms with van der Waals surface area (Å²) in [5.41, 5.74) is 3.50. The quantitative estimate of drug-likeness (QED) is 0.689. The summed E-state index contributed by atoms with van der Waals surface area (Å²) in [5, 5.41) is 12.0. The summed E-state index contributed by atoms with van der Waals surface area (Å²) < 4.78 is 5.15. The molecule has 0 atom stereocenters. The normalized spacial score (nSPS) is 10.8. The highest BCUT2D eigenvalue weighted by Crippen LogP contribution is 2.20. The van der Waals surface area contributed by atoms with Gasteiger partial charge >= 0.3 is 0 Å². The number of carbonyl (C=O) groups excluding carboxylic acids is 1. The molecule has 2 rings (SSSR count). The first-order valence-corrected chi connectivity index (χ1v) is 7.18. The Bertz CT molecular complexity index is 801. The van der Waals surface area contributed by atoms with E-state index in [4.69, 9.17) is 4.74 Å². The zero-order valence-electron chi connectivity index (χ0n) is 13.4. The van der Waals surface area contributed by atoms with Crippen molar-refractivity contribution in [2.75, 3.05) is 12.4 Å². The van der Waals surface area contributed by atoms with Crippen LogP contribution in [0.1, 0.15) is 16.7 Å². The standard InChI is InChI=1S/C19H18N2O2/c1-13-5-4-6-17(9-13)21-19(22)16(12-20)11-15-7-8-18(23-3)10-14(15)2/h4-11H,1-3H3,(H,21,22)/b16-11-. The number of methoxy groups -OCH3 is 1. The maximum atomic E-state index is 12.3. The molecule has 0 radical (unpaired) electrons. The van der Waals surface area contributed by atoms with Crippen LogP contribution in [-0.4, -0.2) is 13.0 Å². The number of hydrogen-bond acceptors (Lipinski definition) is 3. The van der Waals surface area contributed by atoms with Crippen LogP contribution in [0.25, 0.3) is 6.08 Å². The van der Waals surface area contributed by atoms with Crippen molar-refractivity contribution in [2.24, 2.45) is 0 Å². The van der Waals surface area contributed by atoms with E-state index >= 15 is 0 Å². The molecule has 0 saturated heterocycles. The summed E-state index contributed by atoms with van der Waals surface area (Å²) in [7, 11) is 1.60. The highest BCUT2D eigenvalue weighted by atomic mass is 16.5. The van der Waals surface area contributed by atoms with Crippen LogP contribution in [0.2, 0.25) is 0 Å². The minimum atomic E-state index is -0.423. The zero-order chi connectivity index (χ0) is 16.8. The number of carbonyl (C=O) groups is 1. The molecule has 116 valence electrons. The molecule has 0 heterocycles. The summed E-state index contributed by atoms with van der Waals surface area (Å²) in [6.07, 6.45) is 1.58. The predicted octanol–water partition coefficient (Wildman–Crippen LogP) is 3.86. The van der Waals surface area contributed by atoms with Crippen molar-refractivity contribution in [1.29, 1.82) is 5.26 Å². The van der Waals surface area contributed by atoms with E-state index in [-0.39, 0.29) is 5.57 Å². The predicted molar refractivity (Wildman–Crippen MR) is 91.1 cm³/mol. The maximum absolute atomic E-state index is 12.3. The molecule has 0 aliphatic rings. The fraction of sp³-hybridized carbons (Fsp3) is 0.158. The van der Waals surface area contributed by atoms with Crippen molar-refractivity contribution in [3.63, 3.8) is 0 Å². The van der Waals surface area contributed by atoms with Crippen LogP contribution in [0.3, 0.4) is 0 Å². The van der Waals surface area contributed by atoms with E-state index in [1.807, 2.05) is 50.2 Å². The van der Waals surface area contributed by atoms with E-state index in [1.54, 1.807) is 25.3 Å². The summed E-state index contributed by atoms with van der Waals surface area (Å²) >= 11 is 0. The van der Waals surface area contributed by atoms with Gasteiger partial charge in [0, 0.05) is 5.69 Å². The number of hydrogen-bond donors (Lipinski definition) is 1. The Morgan fingerprint density at radius 3 is 2.61 bits per heavy atom. The van der Waals surface area contributed by atoms with Gasteiger partial charge in [-0.25, -0.2) is 0 Å². The first-order chi connectivity index (χ1) is 11.0. The largest absolute Gasteiger partial charge is 0.497 e. The number of nitriles is 1. The highest BCUT2D eigenvalue weighted by Gasteiger charge is 2.10. The van der Waals surface area contributed by atoms with Crippen molar-refractivity contribution in [2.45, 2.75) is 13.8 Å². The van der Waals surface area contributed by atoms with E-state index in [2.05, 4.69) is 5.32 Å². The Labute approximate surface area is 136 Å². The van der Waals surface area contributed by atoms with Crippen molar-refractivity contribution in [3.05, 3.63) is 64.7 Å². The van der Waals surface area contributed by atoms with Gasteiger partial charge < -0.3 is 10.1 Å². The van der Waals surface area contributed by atoms with Crippen molar-refractivity contribution >= 4 is 17.7 Å². The second-order valence-electron chi connectivity index (χ2n) is 5.22. The smallest absolute Gasteiger partial charge is 0.266 e. The number of anilines is 1. The second kappa shape index (κ2) is 7.28. The van der Waals surface area contributed by atoms with Gasteiger partial charge in [0.1, 0.15) is 17.4 Å². The molecule has 23 heavy (non-hydrogen) atoms. The van der Waals surface area contributed by atoms with Gasteiger partial charge in [0.15, 0.2) is 0 Å². The molecular formula is C19H18N2O2. The number of rotatable bonds is 4. The van der Waals surface area contributed by atoms with Crippen LogP contribution >= 0.6 is 0 Å². The molecule has 2 aromatic carbocycles. The Kier molecular flexibility index (Phi) is 5.16. The number of ether oxygens (including phenoxy) is 1. The lowest BCUT2D eigenvalue weighted by molar-refractivity contribution is -0.112. The fourth-order valence-electron chi connectivity index (χ4n) is 2.16. The van der Waals surface area contributed by atoms with Gasteiger partial charge in [-0.2, -0.15) is 5.26 Å². The molecule has 4 nitrogen and oxygen atoms in total. The minimum Gasteiger partial charge on any atom is -0.497 e. The molecule has 0 unspecified atom stereocenters. The SMILES string of the molecule is COc1ccc(/C=C(/C#N)C(=O)Nc2cccc(C)c2)c(C)c1. The lowest BCUT2D eigenvalue weighted by Crippen LogP contribution is -2.13. The van der Waals surface area contributed by atoms with E-state index in [0.717, 1.165) is 22.4 Å². The second-order valence-corrected chi connectivity index (χ2v) is 5.22. The fourth-order valence-corrected chi connectivity index (χ4v) is 2.16.